The summed E-state index contributed by atoms with van der Waals surface area (Å²) in [6.07, 6.45) is 1.08. The minimum absolute atomic E-state index is 0.108. The highest BCUT2D eigenvalue weighted by atomic mass is 16.5. The molecule has 1 aliphatic rings. The molecule has 0 fully saturated rings. The first-order valence-electron chi connectivity index (χ1n) is 9.08. The van der Waals surface area contributed by atoms with Gasteiger partial charge in [-0.3, -0.25) is 0 Å². The fourth-order valence-electron chi connectivity index (χ4n) is 3.82. The molecule has 0 saturated heterocycles. The highest BCUT2D eigenvalue weighted by Crippen LogP contribution is 2.20. The van der Waals surface area contributed by atoms with E-state index in [1.54, 1.807) is 7.11 Å². The number of nitrogens with one attached hydrogen (secondary N) is 1. The molecule has 3 aromatic rings. The molecule has 0 spiro atoms. The van der Waals surface area contributed by atoms with E-state index in [4.69, 9.17) is 4.74 Å². The molecule has 0 amide bonds. The molecule has 0 bridgehead atoms. The Labute approximate surface area is 153 Å². The number of nitrogens with zero attached hydrogens (tertiary/aromatic N) is 4. The lowest BCUT2D eigenvalue weighted by Gasteiger charge is -2.32. The molecule has 134 valence electrons. The lowest BCUT2D eigenvalue weighted by molar-refractivity contribution is -0.941. The molecule has 0 aliphatic carbocycles. The molecular formula is C20H24N5O+. The lowest BCUT2D eigenvalue weighted by Crippen LogP contribution is -3.12. The Balaban J connectivity index is 1.70. The van der Waals surface area contributed by atoms with Crippen molar-refractivity contribution in [3.8, 4) is 0 Å². The zero-order chi connectivity index (χ0) is 17.8. The number of hydrogen-bond acceptors (Lipinski definition) is 4. The maximum atomic E-state index is 5.22. The summed E-state index contributed by atoms with van der Waals surface area (Å²) in [6, 6.07) is 19.4. The van der Waals surface area contributed by atoms with E-state index in [1.807, 2.05) is 4.68 Å². The Bertz CT molecular complexity index is 848. The van der Waals surface area contributed by atoms with E-state index in [-0.39, 0.29) is 6.04 Å². The van der Waals surface area contributed by atoms with Gasteiger partial charge in [-0.25, -0.2) is 4.68 Å². The zero-order valence-corrected chi connectivity index (χ0v) is 15.0. The normalized spacial score (nSPS) is 17.7. The van der Waals surface area contributed by atoms with Gasteiger partial charge in [0.1, 0.15) is 6.54 Å². The van der Waals surface area contributed by atoms with Crippen molar-refractivity contribution >= 4 is 0 Å². The summed E-state index contributed by atoms with van der Waals surface area (Å²) >= 11 is 0. The molecule has 2 atom stereocenters. The standard InChI is InChI=1S/C20H23N5O/c1-26-14-13-25-20(21-22-23-25)19(17-8-3-2-4-9-17)24-12-11-16-7-5-6-10-18(16)15-24/h2-10,19H,11-15H2,1H3/p+1/t19-/m0/s1. The van der Waals surface area contributed by atoms with Gasteiger partial charge in [0.15, 0.2) is 6.04 Å². The number of aromatic nitrogens is 4. The van der Waals surface area contributed by atoms with Crippen molar-refractivity contribution in [2.45, 2.75) is 25.6 Å². The quantitative estimate of drug-likeness (QED) is 0.722. The fraction of sp³-hybridized carbons (Fsp3) is 0.350. The van der Waals surface area contributed by atoms with Gasteiger partial charge < -0.3 is 9.64 Å². The van der Waals surface area contributed by atoms with E-state index in [9.17, 15) is 0 Å². The smallest absolute Gasteiger partial charge is 0.214 e. The van der Waals surface area contributed by atoms with Crippen LogP contribution in [-0.4, -0.2) is 40.5 Å². The number of rotatable bonds is 6. The average molecular weight is 350 g/mol. The molecule has 26 heavy (non-hydrogen) atoms. The van der Waals surface area contributed by atoms with Gasteiger partial charge in [0.05, 0.1) is 19.7 Å². The van der Waals surface area contributed by atoms with Gasteiger partial charge in [0.2, 0.25) is 5.82 Å². The second-order valence-electron chi connectivity index (χ2n) is 6.70. The second kappa shape index (κ2) is 7.76. The van der Waals surface area contributed by atoms with Gasteiger partial charge in [0.25, 0.3) is 0 Å². The Morgan fingerprint density at radius 3 is 2.65 bits per heavy atom. The fourth-order valence-corrected chi connectivity index (χ4v) is 3.82. The Kier molecular flexibility index (Phi) is 5.04. The molecule has 1 N–H and O–H groups in total. The molecule has 2 heterocycles. The van der Waals surface area contributed by atoms with E-state index in [2.05, 4.69) is 70.1 Å². The summed E-state index contributed by atoms with van der Waals surface area (Å²) in [5.74, 6) is 0.905. The van der Waals surface area contributed by atoms with Crippen LogP contribution in [0.25, 0.3) is 0 Å². The van der Waals surface area contributed by atoms with Gasteiger partial charge in [0, 0.05) is 24.7 Å². The summed E-state index contributed by atoms with van der Waals surface area (Å²) in [4.78, 5) is 1.48. The predicted molar refractivity (Wildman–Crippen MR) is 97.7 cm³/mol. The van der Waals surface area contributed by atoms with E-state index < -0.39 is 0 Å². The van der Waals surface area contributed by atoms with Crippen LogP contribution in [0.2, 0.25) is 0 Å². The maximum absolute atomic E-state index is 5.22. The number of benzene rings is 2. The number of hydrogen-bond donors (Lipinski definition) is 1. The summed E-state index contributed by atoms with van der Waals surface area (Å²) < 4.78 is 7.11. The van der Waals surface area contributed by atoms with Crippen molar-refractivity contribution in [1.29, 1.82) is 0 Å². The van der Waals surface area contributed by atoms with E-state index in [1.165, 1.54) is 21.6 Å². The van der Waals surface area contributed by atoms with Crippen molar-refractivity contribution in [2.75, 3.05) is 20.3 Å². The van der Waals surface area contributed by atoms with Crippen LogP contribution in [0.3, 0.4) is 0 Å². The average Bonchev–Trinajstić information content (AvgIpc) is 3.15. The van der Waals surface area contributed by atoms with Crippen molar-refractivity contribution in [3.05, 3.63) is 77.1 Å². The molecule has 1 unspecified atom stereocenters. The maximum Gasteiger partial charge on any atom is 0.214 e. The molecule has 1 aliphatic heterocycles. The number of tetrazole rings is 1. The topological polar surface area (TPSA) is 57.3 Å². The first kappa shape index (κ1) is 16.9. The number of methoxy groups -OCH3 is 1. The molecule has 4 rings (SSSR count). The van der Waals surface area contributed by atoms with Gasteiger partial charge in [-0.15, -0.1) is 5.10 Å². The predicted octanol–water partition coefficient (Wildman–Crippen LogP) is 1.05. The van der Waals surface area contributed by atoms with Crippen LogP contribution in [0.15, 0.2) is 54.6 Å². The van der Waals surface area contributed by atoms with E-state index in [0.717, 1.165) is 25.3 Å². The molecule has 0 saturated carbocycles. The third-order valence-corrected chi connectivity index (χ3v) is 5.12. The minimum atomic E-state index is 0.108. The zero-order valence-electron chi connectivity index (χ0n) is 15.0. The highest BCUT2D eigenvalue weighted by molar-refractivity contribution is 5.28. The Morgan fingerprint density at radius 2 is 1.85 bits per heavy atom. The third kappa shape index (κ3) is 3.38. The molecule has 0 radical (unpaired) electrons. The van der Waals surface area contributed by atoms with Crippen molar-refractivity contribution < 1.29 is 9.64 Å². The van der Waals surface area contributed by atoms with Crippen molar-refractivity contribution in [1.82, 2.24) is 20.2 Å². The lowest BCUT2D eigenvalue weighted by atomic mass is 9.96. The van der Waals surface area contributed by atoms with Crippen LogP contribution in [-0.2, 0) is 24.2 Å². The van der Waals surface area contributed by atoms with E-state index in [0.29, 0.717) is 13.2 Å². The second-order valence-corrected chi connectivity index (χ2v) is 6.70. The molecule has 1 aromatic heterocycles. The van der Waals surface area contributed by atoms with Gasteiger partial charge in [-0.1, -0.05) is 54.6 Å². The van der Waals surface area contributed by atoms with Crippen LogP contribution in [0, 0.1) is 0 Å². The van der Waals surface area contributed by atoms with Crippen molar-refractivity contribution in [2.24, 2.45) is 0 Å². The first-order chi connectivity index (χ1) is 12.9. The van der Waals surface area contributed by atoms with Crippen LogP contribution in [0.4, 0.5) is 0 Å². The van der Waals surface area contributed by atoms with Gasteiger partial charge in [-0.2, -0.15) is 0 Å². The van der Waals surface area contributed by atoms with E-state index >= 15 is 0 Å². The third-order valence-electron chi connectivity index (χ3n) is 5.12. The SMILES string of the molecule is COCCn1nnnc1[C@H](c1ccccc1)[NH+]1CCc2ccccc2C1. The monoisotopic (exact) mass is 350 g/mol. The van der Waals surface area contributed by atoms with Gasteiger partial charge >= 0.3 is 0 Å². The van der Waals surface area contributed by atoms with Crippen LogP contribution in [0.5, 0.6) is 0 Å². The summed E-state index contributed by atoms with van der Waals surface area (Å²) in [5, 5.41) is 12.6. The van der Waals surface area contributed by atoms with Crippen molar-refractivity contribution in [3.63, 3.8) is 0 Å². The summed E-state index contributed by atoms with van der Waals surface area (Å²) in [7, 11) is 1.70. The first-order valence-corrected chi connectivity index (χ1v) is 9.08. The number of quaternary nitrogens is 1. The Morgan fingerprint density at radius 1 is 1.08 bits per heavy atom. The largest absolute Gasteiger partial charge is 0.383 e. The van der Waals surface area contributed by atoms with Crippen LogP contribution in [0.1, 0.15) is 28.6 Å². The molecule has 2 aromatic carbocycles. The molecule has 6 heteroatoms. The summed E-state index contributed by atoms with van der Waals surface area (Å²) in [5.41, 5.74) is 4.13. The minimum Gasteiger partial charge on any atom is -0.383 e. The van der Waals surface area contributed by atoms with Crippen LogP contribution >= 0.6 is 0 Å². The molecule has 6 nitrogen and oxygen atoms in total. The highest BCUT2D eigenvalue weighted by Gasteiger charge is 2.33. The Hall–Kier alpha value is -2.57. The van der Waals surface area contributed by atoms with Gasteiger partial charge in [-0.05, 0) is 16.0 Å². The number of ether oxygens (including phenoxy) is 1. The summed E-state index contributed by atoms with van der Waals surface area (Å²) in [6.45, 7) is 3.30. The van der Waals surface area contributed by atoms with Crippen LogP contribution < -0.4 is 4.90 Å². The number of fused-ring (bicyclic) bond motifs is 1. The molecular weight excluding hydrogens is 326 g/mol.